The van der Waals surface area contributed by atoms with Crippen molar-refractivity contribution < 1.29 is 27.9 Å². The summed E-state index contributed by atoms with van der Waals surface area (Å²) >= 11 is 5.74. The lowest BCUT2D eigenvalue weighted by atomic mass is 10.1. The number of hydrogen-bond acceptors (Lipinski definition) is 2. The number of carboxylic acid groups (broad SMARTS) is 1. The molecule has 0 radical (unpaired) electrons. The first kappa shape index (κ1) is 17.8. The van der Waals surface area contributed by atoms with Crippen molar-refractivity contribution in [2.45, 2.75) is 12.7 Å². The Hall–Kier alpha value is -2.54. The monoisotopic (exact) mass is 357 g/mol. The van der Waals surface area contributed by atoms with E-state index in [2.05, 4.69) is 5.32 Å². The second kappa shape index (κ2) is 6.92. The summed E-state index contributed by atoms with van der Waals surface area (Å²) in [5.74, 6) is -1.92. The fraction of sp³-hybridized carbons (Fsp3) is 0.125. The van der Waals surface area contributed by atoms with Gasteiger partial charge in [-0.2, -0.15) is 13.2 Å². The van der Waals surface area contributed by atoms with E-state index in [9.17, 15) is 22.8 Å². The molecule has 2 aromatic rings. The van der Waals surface area contributed by atoms with Gasteiger partial charge < -0.3 is 10.4 Å². The Morgan fingerprint density at radius 3 is 2.46 bits per heavy atom. The van der Waals surface area contributed by atoms with Crippen LogP contribution in [0.4, 0.5) is 13.2 Å². The summed E-state index contributed by atoms with van der Waals surface area (Å²) < 4.78 is 37.9. The number of rotatable bonds is 4. The van der Waals surface area contributed by atoms with E-state index in [1.807, 2.05) is 0 Å². The van der Waals surface area contributed by atoms with Crippen molar-refractivity contribution in [1.82, 2.24) is 5.32 Å². The van der Waals surface area contributed by atoms with E-state index in [1.54, 1.807) is 0 Å². The lowest BCUT2D eigenvalue weighted by molar-refractivity contribution is -0.137. The van der Waals surface area contributed by atoms with Gasteiger partial charge in [0.15, 0.2) is 0 Å². The van der Waals surface area contributed by atoms with Gasteiger partial charge >= 0.3 is 12.1 Å². The summed E-state index contributed by atoms with van der Waals surface area (Å²) in [5, 5.41) is 11.5. The SMILES string of the molecule is O=C(NCc1ccc(Cl)c(C(=O)O)c1)c1cccc(C(F)(F)F)c1. The van der Waals surface area contributed by atoms with Gasteiger partial charge in [0.25, 0.3) is 5.91 Å². The molecule has 0 unspecified atom stereocenters. The Morgan fingerprint density at radius 2 is 1.83 bits per heavy atom. The molecular formula is C16H11ClF3NO3. The first-order valence-corrected chi connectivity index (χ1v) is 7.03. The van der Waals surface area contributed by atoms with E-state index in [0.717, 1.165) is 18.2 Å². The molecule has 8 heteroatoms. The van der Waals surface area contributed by atoms with Gasteiger partial charge in [-0.15, -0.1) is 0 Å². The number of aromatic carboxylic acids is 1. The van der Waals surface area contributed by atoms with Crippen molar-refractivity contribution in [3.8, 4) is 0 Å². The van der Waals surface area contributed by atoms with Crippen molar-refractivity contribution in [2.24, 2.45) is 0 Å². The smallest absolute Gasteiger partial charge is 0.416 e. The third-order valence-corrected chi connectivity index (χ3v) is 3.50. The zero-order valence-electron chi connectivity index (χ0n) is 12.0. The highest BCUT2D eigenvalue weighted by molar-refractivity contribution is 6.33. The summed E-state index contributed by atoms with van der Waals surface area (Å²) in [5.41, 5.74) is -0.730. The van der Waals surface area contributed by atoms with Crippen molar-refractivity contribution in [3.05, 3.63) is 69.7 Å². The summed E-state index contributed by atoms with van der Waals surface area (Å²) in [6, 6.07) is 8.20. The van der Waals surface area contributed by atoms with Crippen LogP contribution < -0.4 is 5.32 Å². The number of halogens is 4. The summed E-state index contributed by atoms with van der Waals surface area (Å²) in [6.07, 6.45) is -4.54. The third kappa shape index (κ3) is 4.26. The van der Waals surface area contributed by atoms with E-state index in [1.165, 1.54) is 24.3 Å². The number of carbonyl (C=O) groups excluding carboxylic acids is 1. The number of benzene rings is 2. The minimum absolute atomic E-state index is 0.0491. The molecule has 2 N–H and O–H groups in total. The van der Waals surface area contributed by atoms with Crippen LogP contribution in [0.15, 0.2) is 42.5 Å². The molecule has 4 nitrogen and oxygen atoms in total. The van der Waals surface area contributed by atoms with Crippen molar-refractivity contribution >= 4 is 23.5 Å². The van der Waals surface area contributed by atoms with Crippen LogP contribution in [0.25, 0.3) is 0 Å². The molecule has 0 bridgehead atoms. The Bertz CT molecular complexity index is 790. The highest BCUT2D eigenvalue weighted by atomic mass is 35.5. The predicted octanol–water partition coefficient (Wildman–Crippen LogP) is 3.99. The minimum Gasteiger partial charge on any atom is -0.478 e. The maximum Gasteiger partial charge on any atom is 0.416 e. The molecule has 0 aliphatic carbocycles. The fourth-order valence-electron chi connectivity index (χ4n) is 1.97. The molecule has 0 aliphatic heterocycles. The molecule has 1 amide bonds. The van der Waals surface area contributed by atoms with Crippen molar-refractivity contribution in [1.29, 1.82) is 0 Å². The molecule has 2 aromatic carbocycles. The Kier molecular flexibility index (Phi) is 5.14. The number of amides is 1. The van der Waals surface area contributed by atoms with Gasteiger partial charge in [0.2, 0.25) is 0 Å². The number of nitrogens with one attached hydrogen (secondary N) is 1. The Labute approximate surface area is 139 Å². The normalized spacial score (nSPS) is 11.2. The van der Waals surface area contributed by atoms with Crippen LogP contribution in [0.3, 0.4) is 0 Å². The predicted molar refractivity (Wildman–Crippen MR) is 81.0 cm³/mol. The number of hydrogen-bond donors (Lipinski definition) is 2. The van der Waals surface area contributed by atoms with E-state index < -0.39 is 23.6 Å². The van der Waals surface area contributed by atoms with Crippen LogP contribution >= 0.6 is 11.6 Å². The molecule has 0 saturated heterocycles. The van der Waals surface area contributed by atoms with Crippen molar-refractivity contribution in [2.75, 3.05) is 0 Å². The first-order valence-electron chi connectivity index (χ1n) is 6.65. The van der Waals surface area contributed by atoms with E-state index in [4.69, 9.17) is 16.7 Å². The first-order chi connectivity index (χ1) is 11.2. The summed E-state index contributed by atoms with van der Waals surface area (Å²) in [7, 11) is 0. The van der Waals surface area contributed by atoms with Crippen LogP contribution in [-0.4, -0.2) is 17.0 Å². The summed E-state index contributed by atoms with van der Waals surface area (Å²) in [6.45, 7) is -0.0491. The summed E-state index contributed by atoms with van der Waals surface area (Å²) in [4.78, 5) is 22.9. The molecule has 0 atom stereocenters. The highest BCUT2D eigenvalue weighted by Gasteiger charge is 2.30. The van der Waals surface area contributed by atoms with Gasteiger partial charge in [-0.05, 0) is 35.9 Å². The maximum absolute atomic E-state index is 12.6. The standard InChI is InChI=1S/C16H11ClF3NO3/c17-13-5-4-9(6-12(13)15(23)24)8-21-14(22)10-2-1-3-11(7-10)16(18,19)20/h1-7H,8H2,(H,21,22)(H,23,24). The van der Waals surface area contributed by atoms with Gasteiger partial charge in [-0.3, -0.25) is 4.79 Å². The lowest BCUT2D eigenvalue weighted by Crippen LogP contribution is -2.23. The second-order valence-electron chi connectivity index (χ2n) is 4.88. The minimum atomic E-state index is -4.54. The van der Waals surface area contributed by atoms with Gasteiger partial charge in [0.1, 0.15) is 0 Å². The molecule has 0 saturated carbocycles. The van der Waals surface area contributed by atoms with Gasteiger partial charge in [0.05, 0.1) is 16.1 Å². The van der Waals surface area contributed by atoms with Crippen LogP contribution in [0, 0.1) is 0 Å². The zero-order chi connectivity index (χ0) is 17.9. The molecule has 2 rings (SSSR count). The highest BCUT2D eigenvalue weighted by Crippen LogP contribution is 2.29. The fourth-order valence-corrected chi connectivity index (χ4v) is 2.17. The lowest BCUT2D eigenvalue weighted by Gasteiger charge is -2.10. The molecule has 0 aromatic heterocycles. The molecule has 24 heavy (non-hydrogen) atoms. The molecule has 0 fully saturated rings. The van der Waals surface area contributed by atoms with Gasteiger partial charge in [0, 0.05) is 12.1 Å². The van der Waals surface area contributed by atoms with Crippen LogP contribution in [0.2, 0.25) is 5.02 Å². The second-order valence-corrected chi connectivity index (χ2v) is 5.29. The van der Waals surface area contributed by atoms with Crippen molar-refractivity contribution in [3.63, 3.8) is 0 Å². The van der Waals surface area contributed by atoms with Gasteiger partial charge in [-0.1, -0.05) is 23.7 Å². The third-order valence-electron chi connectivity index (χ3n) is 3.17. The van der Waals surface area contributed by atoms with Gasteiger partial charge in [-0.25, -0.2) is 4.79 Å². The number of alkyl halides is 3. The van der Waals surface area contributed by atoms with Crippen LogP contribution in [0.1, 0.15) is 31.8 Å². The largest absolute Gasteiger partial charge is 0.478 e. The van der Waals surface area contributed by atoms with E-state index >= 15 is 0 Å². The number of carboxylic acids is 1. The molecular weight excluding hydrogens is 347 g/mol. The molecule has 0 aliphatic rings. The average Bonchev–Trinajstić information content (AvgIpc) is 2.52. The Morgan fingerprint density at radius 1 is 1.12 bits per heavy atom. The quantitative estimate of drug-likeness (QED) is 0.869. The maximum atomic E-state index is 12.6. The molecule has 0 spiro atoms. The van der Waals surface area contributed by atoms with Crippen LogP contribution in [0.5, 0.6) is 0 Å². The molecule has 0 heterocycles. The van der Waals surface area contributed by atoms with E-state index in [0.29, 0.717) is 5.56 Å². The number of carbonyl (C=O) groups is 2. The topological polar surface area (TPSA) is 66.4 Å². The van der Waals surface area contributed by atoms with E-state index in [-0.39, 0.29) is 22.7 Å². The Balaban J connectivity index is 2.11. The zero-order valence-corrected chi connectivity index (χ0v) is 12.8. The average molecular weight is 358 g/mol. The van der Waals surface area contributed by atoms with Crippen LogP contribution in [-0.2, 0) is 12.7 Å². The molecule has 126 valence electrons.